The molecule has 164 valence electrons. The number of alkyl halides is 3. The van der Waals surface area contributed by atoms with Crippen LogP contribution in [-0.2, 0) is 20.5 Å². The van der Waals surface area contributed by atoms with Crippen molar-refractivity contribution in [2.75, 3.05) is 20.1 Å². The summed E-state index contributed by atoms with van der Waals surface area (Å²) >= 11 is 0. The highest BCUT2D eigenvalue weighted by molar-refractivity contribution is 5.97. The molecule has 1 fully saturated rings. The van der Waals surface area contributed by atoms with Crippen molar-refractivity contribution in [3.63, 3.8) is 0 Å². The van der Waals surface area contributed by atoms with E-state index in [1.54, 1.807) is 0 Å². The number of ether oxygens (including phenoxy) is 1. The fourth-order valence-corrected chi connectivity index (χ4v) is 2.90. The molecule has 30 heavy (non-hydrogen) atoms. The first-order valence-corrected chi connectivity index (χ1v) is 9.22. The van der Waals surface area contributed by atoms with E-state index >= 15 is 0 Å². The van der Waals surface area contributed by atoms with Crippen molar-refractivity contribution in [2.24, 2.45) is 5.92 Å². The van der Waals surface area contributed by atoms with Crippen molar-refractivity contribution >= 4 is 23.8 Å². The second-order valence-corrected chi connectivity index (χ2v) is 6.79. The van der Waals surface area contributed by atoms with Gasteiger partial charge in [-0.3, -0.25) is 19.7 Å². The smallest absolute Gasteiger partial charge is 0.416 e. The van der Waals surface area contributed by atoms with Gasteiger partial charge in [-0.1, -0.05) is 0 Å². The lowest BCUT2D eigenvalue weighted by molar-refractivity contribution is -0.159. The molecule has 1 saturated heterocycles. The summed E-state index contributed by atoms with van der Waals surface area (Å²) in [5.41, 5.74) is -0.710. The maximum atomic E-state index is 12.6. The summed E-state index contributed by atoms with van der Waals surface area (Å²) in [5.74, 6) is -2.33. The van der Waals surface area contributed by atoms with Crippen molar-refractivity contribution in [3.05, 3.63) is 35.4 Å². The van der Waals surface area contributed by atoms with E-state index < -0.39 is 47.6 Å². The summed E-state index contributed by atoms with van der Waals surface area (Å²) in [4.78, 5) is 49.0. The van der Waals surface area contributed by atoms with Gasteiger partial charge in [-0.2, -0.15) is 13.2 Å². The quantitative estimate of drug-likeness (QED) is 0.712. The van der Waals surface area contributed by atoms with Crippen LogP contribution in [0.25, 0.3) is 0 Å². The number of carbonyl (C=O) groups is 4. The molecule has 0 spiro atoms. The van der Waals surface area contributed by atoms with Crippen LogP contribution < -0.4 is 10.6 Å². The third-order valence-electron chi connectivity index (χ3n) is 4.70. The minimum Gasteiger partial charge on any atom is -0.452 e. The van der Waals surface area contributed by atoms with Crippen molar-refractivity contribution < 1.29 is 37.1 Å². The van der Waals surface area contributed by atoms with Crippen molar-refractivity contribution in [1.29, 1.82) is 0 Å². The van der Waals surface area contributed by atoms with Gasteiger partial charge in [-0.05, 0) is 44.0 Å². The van der Waals surface area contributed by atoms with Gasteiger partial charge in [-0.25, -0.2) is 4.79 Å². The fraction of sp³-hybridized carbons (Fsp3) is 0.474. The summed E-state index contributed by atoms with van der Waals surface area (Å²) in [6.07, 6.45) is -5.07. The first-order chi connectivity index (χ1) is 14.0. The number of hydrogen-bond acceptors (Lipinski definition) is 5. The van der Waals surface area contributed by atoms with Crippen LogP contribution in [0.4, 0.5) is 18.0 Å². The number of nitrogens with zero attached hydrogens (tertiary/aromatic N) is 1. The predicted molar refractivity (Wildman–Crippen MR) is 98.2 cm³/mol. The number of amides is 4. The maximum Gasteiger partial charge on any atom is 0.416 e. The molecule has 0 bridgehead atoms. The van der Waals surface area contributed by atoms with Crippen molar-refractivity contribution in [2.45, 2.75) is 32.0 Å². The van der Waals surface area contributed by atoms with E-state index in [2.05, 4.69) is 5.32 Å². The van der Waals surface area contributed by atoms with Gasteiger partial charge < -0.3 is 15.0 Å². The average Bonchev–Trinajstić information content (AvgIpc) is 2.72. The molecule has 0 aliphatic carbocycles. The Morgan fingerprint density at radius 2 is 1.67 bits per heavy atom. The average molecular weight is 429 g/mol. The molecule has 1 heterocycles. The van der Waals surface area contributed by atoms with E-state index in [-0.39, 0.29) is 31.5 Å². The molecule has 2 rings (SSSR count). The molecule has 8 nitrogen and oxygen atoms in total. The molecule has 11 heteroatoms. The molecular formula is C19H22F3N3O5. The topological polar surface area (TPSA) is 105 Å². The summed E-state index contributed by atoms with van der Waals surface area (Å²) < 4.78 is 43.0. The van der Waals surface area contributed by atoms with Crippen LogP contribution >= 0.6 is 0 Å². The van der Waals surface area contributed by atoms with Crippen LogP contribution in [0.2, 0.25) is 0 Å². The van der Waals surface area contributed by atoms with E-state index in [9.17, 15) is 32.3 Å². The lowest BCUT2D eigenvalue weighted by Crippen LogP contribution is -2.45. The number of hydrogen-bond donors (Lipinski definition) is 2. The van der Waals surface area contributed by atoms with Crippen LogP contribution in [0.3, 0.4) is 0 Å². The number of urea groups is 1. The van der Waals surface area contributed by atoms with Crippen molar-refractivity contribution in [1.82, 2.24) is 15.5 Å². The Morgan fingerprint density at radius 3 is 2.17 bits per heavy atom. The molecule has 1 aromatic rings. The number of benzene rings is 1. The second-order valence-electron chi connectivity index (χ2n) is 6.79. The molecule has 0 radical (unpaired) electrons. The molecular weight excluding hydrogens is 407 g/mol. The standard InChI is InChI=1S/C19H22F3N3O5/c1-11(15(26)24-18(29)23-2)30-17(28)13-7-9-25(10-8-13)16(27)12-3-5-14(6-4-12)19(20,21)22/h3-6,11,13H,7-10H2,1-2H3,(H2,23,24,26,29). The largest absolute Gasteiger partial charge is 0.452 e. The molecule has 2 N–H and O–H groups in total. The molecule has 1 atom stereocenters. The van der Waals surface area contributed by atoms with E-state index in [0.29, 0.717) is 0 Å². The highest BCUT2D eigenvalue weighted by Crippen LogP contribution is 2.29. The van der Waals surface area contributed by atoms with Gasteiger partial charge in [0.15, 0.2) is 6.10 Å². The number of esters is 1. The highest BCUT2D eigenvalue weighted by atomic mass is 19.4. The molecule has 1 unspecified atom stereocenters. The lowest BCUT2D eigenvalue weighted by atomic mass is 9.96. The Kier molecular flexibility index (Phi) is 7.41. The zero-order valence-corrected chi connectivity index (χ0v) is 16.4. The molecule has 1 aliphatic heterocycles. The number of likely N-dealkylation sites (tertiary alicyclic amines) is 1. The van der Waals surface area contributed by atoms with Crippen molar-refractivity contribution in [3.8, 4) is 0 Å². The fourth-order valence-electron chi connectivity index (χ4n) is 2.90. The summed E-state index contributed by atoms with van der Waals surface area (Å²) in [5, 5.41) is 4.20. The van der Waals surface area contributed by atoms with E-state index in [1.165, 1.54) is 18.9 Å². The van der Waals surface area contributed by atoms with Crippen LogP contribution in [-0.4, -0.2) is 55.0 Å². The third kappa shape index (κ3) is 5.94. The Bertz CT molecular complexity index is 803. The Balaban J connectivity index is 1.86. The van der Waals surface area contributed by atoms with Gasteiger partial charge in [0.2, 0.25) is 0 Å². The Labute approximate surface area is 170 Å². The molecule has 1 aliphatic rings. The van der Waals surface area contributed by atoms with Gasteiger partial charge in [0.05, 0.1) is 11.5 Å². The van der Waals surface area contributed by atoms with Crippen LogP contribution in [0.1, 0.15) is 35.7 Å². The zero-order valence-electron chi connectivity index (χ0n) is 16.4. The number of piperidine rings is 1. The van der Waals surface area contributed by atoms with E-state index in [1.807, 2.05) is 5.32 Å². The molecule has 4 amide bonds. The number of carbonyl (C=O) groups excluding carboxylic acids is 4. The maximum absolute atomic E-state index is 12.6. The summed E-state index contributed by atoms with van der Waals surface area (Å²) in [6.45, 7) is 1.77. The first kappa shape index (κ1) is 23.2. The van der Waals surface area contributed by atoms with Crippen LogP contribution in [0.15, 0.2) is 24.3 Å². The normalized spacial score (nSPS) is 15.8. The Morgan fingerprint density at radius 1 is 1.10 bits per heavy atom. The van der Waals surface area contributed by atoms with Crippen LogP contribution in [0, 0.1) is 5.92 Å². The summed E-state index contributed by atoms with van der Waals surface area (Å²) in [7, 11) is 1.33. The first-order valence-electron chi connectivity index (χ1n) is 9.22. The van der Waals surface area contributed by atoms with E-state index in [0.717, 1.165) is 24.3 Å². The molecule has 0 saturated carbocycles. The molecule has 1 aromatic carbocycles. The minimum absolute atomic E-state index is 0.128. The van der Waals surface area contributed by atoms with E-state index in [4.69, 9.17) is 4.74 Å². The zero-order chi connectivity index (χ0) is 22.5. The van der Waals surface area contributed by atoms with Gasteiger partial charge in [0.1, 0.15) is 0 Å². The van der Waals surface area contributed by atoms with Gasteiger partial charge in [0, 0.05) is 25.7 Å². The number of nitrogens with one attached hydrogen (secondary N) is 2. The summed E-state index contributed by atoms with van der Waals surface area (Å²) in [6, 6.07) is 3.22. The van der Waals surface area contributed by atoms with Gasteiger partial charge in [0.25, 0.3) is 11.8 Å². The lowest BCUT2D eigenvalue weighted by Gasteiger charge is -2.31. The SMILES string of the molecule is CNC(=O)NC(=O)C(C)OC(=O)C1CCN(C(=O)c2ccc(C(F)(F)F)cc2)CC1. The predicted octanol–water partition coefficient (Wildman–Crippen LogP) is 1.94. The molecule has 0 aromatic heterocycles. The number of imide groups is 1. The minimum atomic E-state index is -4.48. The van der Waals surface area contributed by atoms with Gasteiger partial charge >= 0.3 is 18.2 Å². The Hall–Kier alpha value is -3.11. The third-order valence-corrected chi connectivity index (χ3v) is 4.70. The number of rotatable bonds is 4. The number of halogens is 3. The monoisotopic (exact) mass is 429 g/mol. The highest BCUT2D eigenvalue weighted by Gasteiger charge is 2.32. The van der Waals surface area contributed by atoms with Gasteiger partial charge in [-0.15, -0.1) is 0 Å². The van der Waals surface area contributed by atoms with Crippen LogP contribution in [0.5, 0.6) is 0 Å². The second kappa shape index (κ2) is 9.59.